The number of aromatic nitrogens is 3. The van der Waals surface area contributed by atoms with Gasteiger partial charge in [0.25, 0.3) is 0 Å². The number of carbonyl (C=O) groups excluding carboxylic acids is 1. The quantitative estimate of drug-likeness (QED) is 0.457. The third kappa shape index (κ3) is 5.16. The molecule has 1 aliphatic heterocycles. The first-order chi connectivity index (χ1) is 15.7. The zero-order valence-electron chi connectivity index (χ0n) is 19.7. The van der Waals surface area contributed by atoms with Crippen LogP contribution in [0, 0.1) is 0 Å². The van der Waals surface area contributed by atoms with Crippen molar-refractivity contribution in [2.75, 3.05) is 36.9 Å². The van der Waals surface area contributed by atoms with E-state index in [0.717, 1.165) is 18.7 Å². The third-order valence-corrected chi connectivity index (χ3v) is 7.06. The Hall–Kier alpha value is -3.00. The molecular weight excluding hydrogens is 432 g/mol. The molecular formula is C25H32N6OS. The number of hydrogen-bond acceptors (Lipinski definition) is 6. The third-order valence-electron chi connectivity index (χ3n) is 6.02. The first-order valence-electron chi connectivity index (χ1n) is 11.3. The van der Waals surface area contributed by atoms with Crippen LogP contribution in [0.4, 0.5) is 5.69 Å². The number of piperazine rings is 1. The van der Waals surface area contributed by atoms with Gasteiger partial charge < -0.3 is 15.6 Å². The molecule has 1 aromatic heterocycles. The van der Waals surface area contributed by atoms with E-state index >= 15 is 0 Å². The Morgan fingerprint density at radius 1 is 0.970 bits per heavy atom. The second-order valence-electron chi connectivity index (χ2n) is 9.41. The van der Waals surface area contributed by atoms with E-state index in [1.54, 1.807) is 0 Å². The van der Waals surface area contributed by atoms with Crippen molar-refractivity contribution < 1.29 is 4.79 Å². The van der Waals surface area contributed by atoms with Gasteiger partial charge in [-0.1, -0.05) is 75.0 Å². The number of nitrogens with two attached hydrogens (primary N) is 1. The highest BCUT2D eigenvalue weighted by molar-refractivity contribution is 8.00. The number of hydrogen-bond donors (Lipinski definition) is 1. The summed E-state index contributed by atoms with van der Waals surface area (Å²) in [5.41, 5.74) is 3.43. The maximum Gasteiger partial charge on any atom is 0.236 e. The van der Waals surface area contributed by atoms with Crippen LogP contribution in [-0.2, 0) is 10.2 Å². The van der Waals surface area contributed by atoms with Gasteiger partial charge in [0, 0.05) is 37.4 Å². The highest BCUT2D eigenvalue weighted by Gasteiger charge is 2.27. The van der Waals surface area contributed by atoms with Crippen molar-refractivity contribution in [3.63, 3.8) is 0 Å². The van der Waals surface area contributed by atoms with Crippen LogP contribution >= 0.6 is 11.8 Å². The molecule has 8 heteroatoms. The molecule has 2 aromatic carbocycles. The fourth-order valence-corrected chi connectivity index (χ4v) is 4.82. The molecule has 3 aromatic rings. The van der Waals surface area contributed by atoms with Crippen molar-refractivity contribution in [2.45, 2.75) is 43.5 Å². The van der Waals surface area contributed by atoms with Crippen molar-refractivity contribution in [1.82, 2.24) is 19.8 Å². The summed E-state index contributed by atoms with van der Waals surface area (Å²) in [5.74, 6) is 7.00. The van der Waals surface area contributed by atoms with E-state index in [1.165, 1.54) is 27.7 Å². The van der Waals surface area contributed by atoms with Gasteiger partial charge in [0.2, 0.25) is 11.1 Å². The fourth-order valence-electron chi connectivity index (χ4n) is 3.96. The smallest absolute Gasteiger partial charge is 0.236 e. The second kappa shape index (κ2) is 9.47. The topological polar surface area (TPSA) is 80.3 Å². The van der Waals surface area contributed by atoms with Crippen LogP contribution in [0.2, 0.25) is 0 Å². The number of amides is 1. The molecule has 1 atom stereocenters. The highest BCUT2D eigenvalue weighted by Crippen LogP contribution is 2.28. The highest BCUT2D eigenvalue weighted by atomic mass is 32.2. The number of nitrogen functional groups attached to an aromatic ring is 1. The minimum Gasteiger partial charge on any atom is -0.368 e. The first kappa shape index (κ1) is 23.2. The second-order valence-corrected chi connectivity index (χ2v) is 10.7. The van der Waals surface area contributed by atoms with Crippen molar-refractivity contribution in [2.24, 2.45) is 0 Å². The molecule has 1 unspecified atom stereocenters. The van der Waals surface area contributed by atoms with Crippen LogP contribution in [0.15, 0.2) is 59.8 Å². The molecule has 174 valence electrons. The molecule has 4 rings (SSSR count). The Kier molecular flexibility index (Phi) is 6.65. The van der Waals surface area contributed by atoms with E-state index in [2.05, 4.69) is 60.1 Å². The van der Waals surface area contributed by atoms with Crippen LogP contribution in [0.5, 0.6) is 0 Å². The summed E-state index contributed by atoms with van der Waals surface area (Å²) >= 11 is 1.35. The fraction of sp³-hybridized carbons (Fsp3) is 0.400. The Morgan fingerprint density at radius 2 is 1.61 bits per heavy atom. The van der Waals surface area contributed by atoms with Gasteiger partial charge in [0.1, 0.15) is 0 Å². The molecule has 1 amide bonds. The zero-order valence-corrected chi connectivity index (χ0v) is 20.5. The van der Waals surface area contributed by atoms with Crippen LogP contribution < -0.4 is 10.7 Å². The summed E-state index contributed by atoms with van der Waals surface area (Å²) in [4.78, 5) is 17.3. The summed E-state index contributed by atoms with van der Waals surface area (Å²) in [6.45, 7) is 11.5. The lowest BCUT2D eigenvalue weighted by atomic mass is 9.87. The molecule has 0 aliphatic carbocycles. The van der Waals surface area contributed by atoms with Gasteiger partial charge in [-0.15, -0.1) is 10.2 Å². The summed E-state index contributed by atoms with van der Waals surface area (Å²) in [6, 6.07) is 18.5. The van der Waals surface area contributed by atoms with Crippen molar-refractivity contribution in [3.8, 4) is 11.4 Å². The average Bonchev–Trinajstić information content (AvgIpc) is 3.18. The van der Waals surface area contributed by atoms with Crippen molar-refractivity contribution in [1.29, 1.82) is 0 Å². The predicted molar refractivity (Wildman–Crippen MR) is 135 cm³/mol. The Morgan fingerprint density at radius 3 is 2.21 bits per heavy atom. The molecule has 2 heterocycles. The number of carbonyl (C=O) groups is 1. The molecule has 33 heavy (non-hydrogen) atoms. The van der Waals surface area contributed by atoms with E-state index in [1.807, 2.05) is 42.2 Å². The molecule has 1 fully saturated rings. The number of rotatable bonds is 5. The lowest BCUT2D eigenvalue weighted by Crippen LogP contribution is -2.50. The molecule has 0 saturated carbocycles. The maximum atomic E-state index is 13.1. The molecule has 2 N–H and O–H groups in total. The minimum absolute atomic E-state index is 0.0816. The molecule has 7 nitrogen and oxygen atoms in total. The van der Waals surface area contributed by atoms with Crippen molar-refractivity contribution >= 4 is 23.4 Å². The van der Waals surface area contributed by atoms with E-state index in [4.69, 9.17) is 5.84 Å². The molecule has 1 aliphatic rings. The number of para-hydroxylation sites is 1. The van der Waals surface area contributed by atoms with Gasteiger partial charge in [-0.2, -0.15) is 0 Å². The molecule has 1 saturated heterocycles. The summed E-state index contributed by atoms with van der Waals surface area (Å²) < 4.78 is 1.48. The summed E-state index contributed by atoms with van der Waals surface area (Å²) in [5, 5.41) is 8.78. The Balaban J connectivity index is 1.37. The molecule has 0 spiro atoms. The van der Waals surface area contributed by atoms with Gasteiger partial charge in [-0.25, -0.2) is 4.68 Å². The van der Waals surface area contributed by atoms with Crippen LogP contribution in [0.1, 0.15) is 33.3 Å². The lowest BCUT2D eigenvalue weighted by molar-refractivity contribution is -0.130. The normalized spacial score (nSPS) is 15.5. The zero-order chi connectivity index (χ0) is 23.6. The Bertz CT molecular complexity index is 1080. The first-order valence-corrected chi connectivity index (χ1v) is 12.2. The lowest BCUT2D eigenvalue weighted by Gasteiger charge is -2.37. The van der Waals surface area contributed by atoms with Crippen molar-refractivity contribution in [3.05, 3.63) is 60.2 Å². The van der Waals surface area contributed by atoms with Gasteiger partial charge in [-0.3, -0.25) is 4.79 Å². The van der Waals surface area contributed by atoms with Crippen LogP contribution in [0.25, 0.3) is 11.4 Å². The van der Waals surface area contributed by atoms with Gasteiger partial charge in [0.15, 0.2) is 5.82 Å². The minimum atomic E-state index is -0.295. The van der Waals surface area contributed by atoms with E-state index in [9.17, 15) is 4.79 Å². The predicted octanol–water partition coefficient (Wildman–Crippen LogP) is 3.79. The summed E-state index contributed by atoms with van der Waals surface area (Å²) in [7, 11) is 0. The van der Waals surface area contributed by atoms with E-state index in [-0.39, 0.29) is 16.6 Å². The van der Waals surface area contributed by atoms with E-state index in [0.29, 0.717) is 24.1 Å². The van der Waals surface area contributed by atoms with E-state index < -0.39 is 0 Å². The van der Waals surface area contributed by atoms with Gasteiger partial charge in [0.05, 0.1) is 5.25 Å². The monoisotopic (exact) mass is 464 g/mol. The SMILES string of the molecule is CC(Sc1nnc(-c2ccc(C(C)(C)C)cc2)n1N)C(=O)N1CCN(c2ccccc2)CC1. The number of nitrogens with zero attached hydrogens (tertiary/aromatic N) is 5. The standard InChI is InChI=1S/C25H32N6OS/c1-18(23(32)30-16-14-29(15-17-30)21-8-6-5-7-9-21)33-24-28-27-22(31(24)26)19-10-12-20(13-11-19)25(2,3)4/h5-13,18H,14-17,26H2,1-4H3. The average molecular weight is 465 g/mol. The largest absolute Gasteiger partial charge is 0.368 e. The number of benzene rings is 2. The van der Waals surface area contributed by atoms with Gasteiger partial charge in [-0.05, 0) is 30.0 Å². The number of thioether (sulfide) groups is 1. The molecule has 0 radical (unpaired) electrons. The Labute approximate surface area is 199 Å². The summed E-state index contributed by atoms with van der Waals surface area (Å²) in [6.07, 6.45) is 0. The number of anilines is 1. The van der Waals surface area contributed by atoms with Gasteiger partial charge >= 0.3 is 0 Å². The van der Waals surface area contributed by atoms with Crippen LogP contribution in [0.3, 0.4) is 0 Å². The maximum absolute atomic E-state index is 13.1. The van der Waals surface area contributed by atoms with Crippen LogP contribution in [-0.4, -0.2) is 57.1 Å². The molecule has 0 bridgehead atoms.